The van der Waals surface area contributed by atoms with Crippen LogP contribution in [0.4, 0.5) is 18.9 Å². The molecule has 8 heteroatoms. The summed E-state index contributed by atoms with van der Waals surface area (Å²) in [6, 6.07) is 7.14. The van der Waals surface area contributed by atoms with E-state index in [1.54, 1.807) is 0 Å². The van der Waals surface area contributed by atoms with Crippen LogP contribution in [0.2, 0.25) is 0 Å². The minimum Gasteiger partial charge on any atom is -0.478 e. The number of amides is 1. The maximum Gasteiger partial charge on any atom is 0.332 e. The Labute approximate surface area is 151 Å². The molecule has 0 saturated heterocycles. The normalized spacial score (nSPS) is 16.5. The molecule has 0 saturated carbocycles. The molecule has 1 atom stereocenters. The Morgan fingerprint density at radius 2 is 1.67 bits per heavy atom. The smallest absolute Gasteiger partial charge is 0.332 e. The number of hydrogen-bond acceptors (Lipinski definition) is 3. The summed E-state index contributed by atoms with van der Waals surface area (Å²) in [5.74, 6) is -5.47. The van der Waals surface area contributed by atoms with Crippen molar-refractivity contribution in [3.63, 3.8) is 0 Å². The van der Waals surface area contributed by atoms with Gasteiger partial charge in [0.05, 0.1) is 11.7 Å². The van der Waals surface area contributed by atoms with Crippen molar-refractivity contribution in [3.05, 3.63) is 65.0 Å². The maximum atomic E-state index is 14.4. The van der Waals surface area contributed by atoms with E-state index in [9.17, 15) is 27.9 Å². The van der Waals surface area contributed by atoms with Crippen molar-refractivity contribution in [2.24, 2.45) is 0 Å². The molecule has 3 N–H and O–H groups in total. The molecule has 1 unspecified atom stereocenters. The van der Waals surface area contributed by atoms with Gasteiger partial charge in [0.15, 0.2) is 0 Å². The number of benzene rings is 2. The van der Waals surface area contributed by atoms with E-state index in [0.717, 1.165) is 18.2 Å². The molecule has 2 aromatic rings. The molecule has 0 radical (unpaired) electrons. The number of aliphatic hydroxyl groups excluding tert-OH is 1. The van der Waals surface area contributed by atoms with Gasteiger partial charge in [0, 0.05) is 11.1 Å². The molecule has 0 heterocycles. The number of carboxylic acids is 1. The van der Waals surface area contributed by atoms with Gasteiger partial charge in [0.1, 0.15) is 23.1 Å². The van der Waals surface area contributed by atoms with Crippen molar-refractivity contribution in [2.45, 2.75) is 18.9 Å². The third kappa shape index (κ3) is 3.56. The summed E-state index contributed by atoms with van der Waals surface area (Å²) >= 11 is 0. The van der Waals surface area contributed by atoms with Gasteiger partial charge >= 0.3 is 5.97 Å². The highest BCUT2D eigenvalue weighted by Gasteiger charge is 2.33. The van der Waals surface area contributed by atoms with Gasteiger partial charge in [-0.3, -0.25) is 4.79 Å². The molecule has 1 aliphatic rings. The van der Waals surface area contributed by atoms with Crippen LogP contribution in [0.1, 0.15) is 12.8 Å². The molecule has 0 aromatic heterocycles. The van der Waals surface area contributed by atoms with Crippen molar-refractivity contribution in [2.75, 3.05) is 5.32 Å². The summed E-state index contributed by atoms with van der Waals surface area (Å²) in [6.07, 6.45) is -1.34. The Hall–Kier alpha value is -3.13. The number of carbonyl (C=O) groups excluding carboxylic acids is 1. The van der Waals surface area contributed by atoms with Crippen molar-refractivity contribution < 1.29 is 33.0 Å². The van der Waals surface area contributed by atoms with Crippen molar-refractivity contribution in [3.8, 4) is 11.1 Å². The van der Waals surface area contributed by atoms with Gasteiger partial charge in [0.25, 0.3) is 5.91 Å². The zero-order chi connectivity index (χ0) is 19.7. The number of anilines is 1. The van der Waals surface area contributed by atoms with Gasteiger partial charge in [-0.15, -0.1) is 0 Å². The summed E-state index contributed by atoms with van der Waals surface area (Å²) < 4.78 is 42.5. The van der Waals surface area contributed by atoms with Crippen molar-refractivity contribution >= 4 is 17.6 Å². The van der Waals surface area contributed by atoms with Gasteiger partial charge in [-0.1, -0.05) is 18.2 Å². The standard InChI is InChI=1S/C19H14F3NO4/c20-12-4-2-1-3-10(12)9-7-13(21)17(14(22)8-9)23-18(25)16-11(19(26)27)5-6-15(16)24/h1-4,7-8,15,24H,5-6H2,(H,23,25)(H,26,27). The maximum absolute atomic E-state index is 14.4. The SMILES string of the molecule is O=C(O)C1=C(C(=O)Nc2c(F)cc(-c3ccccc3F)cc2F)C(O)CC1. The molecule has 2 aromatic carbocycles. The predicted molar refractivity (Wildman–Crippen MR) is 90.3 cm³/mol. The molecule has 0 fully saturated rings. The second-order valence-electron chi connectivity index (χ2n) is 6.00. The molecular formula is C19H14F3NO4. The minimum atomic E-state index is -1.38. The van der Waals surface area contributed by atoms with Crippen LogP contribution in [0.25, 0.3) is 11.1 Å². The lowest BCUT2D eigenvalue weighted by atomic mass is 10.0. The lowest BCUT2D eigenvalue weighted by Gasteiger charge is -2.13. The molecule has 0 bridgehead atoms. The molecule has 140 valence electrons. The van der Waals surface area contributed by atoms with Crippen LogP contribution in [0.5, 0.6) is 0 Å². The third-order valence-electron chi connectivity index (χ3n) is 4.29. The number of aliphatic carboxylic acids is 1. The number of aliphatic hydroxyl groups is 1. The Balaban J connectivity index is 1.95. The predicted octanol–water partition coefficient (Wildman–Crippen LogP) is 3.25. The Kier molecular flexibility index (Phi) is 5.00. The average Bonchev–Trinajstić information content (AvgIpc) is 3.00. The largest absolute Gasteiger partial charge is 0.478 e. The molecule has 5 nitrogen and oxygen atoms in total. The number of carbonyl (C=O) groups is 2. The number of hydrogen-bond donors (Lipinski definition) is 3. The lowest BCUT2D eigenvalue weighted by Crippen LogP contribution is -2.24. The highest BCUT2D eigenvalue weighted by molar-refractivity contribution is 6.10. The zero-order valence-corrected chi connectivity index (χ0v) is 13.8. The Morgan fingerprint density at radius 1 is 1.04 bits per heavy atom. The van der Waals surface area contributed by atoms with E-state index >= 15 is 0 Å². The summed E-state index contributed by atoms with van der Waals surface area (Å²) in [6.45, 7) is 0. The van der Waals surface area contributed by atoms with E-state index in [1.165, 1.54) is 18.2 Å². The number of carboxylic acid groups (broad SMARTS) is 1. The first kappa shape index (κ1) is 18.7. The van der Waals surface area contributed by atoms with Crippen molar-refractivity contribution in [1.29, 1.82) is 0 Å². The van der Waals surface area contributed by atoms with Crippen LogP contribution in [0.15, 0.2) is 47.5 Å². The Morgan fingerprint density at radius 3 is 2.26 bits per heavy atom. The van der Waals surface area contributed by atoms with Crippen LogP contribution in [0.3, 0.4) is 0 Å². The van der Waals surface area contributed by atoms with Gasteiger partial charge in [-0.2, -0.15) is 0 Å². The third-order valence-corrected chi connectivity index (χ3v) is 4.29. The second kappa shape index (κ2) is 7.24. The van der Waals surface area contributed by atoms with E-state index in [1.807, 2.05) is 5.32 Å². The summed E-state index contributed by atoms with van der Waals surface area (Å²) in [5, 5.41) is 20.9. The quantitative estimate of drug-likeness (QED) is 0.764. The van der Waals surface area contributed by atoms with Crippen molar-refractivity contribution in [1.82, 2.24) is 0 Å². The summed E-state index contributed by atoms with van der Waals surface area (Å²) in [5.41, 5.74) is -1.62. The Bertz CT molecular complexity index is 948. The van der Waals surface area contributed by atoms with Crippen LogP contribution < -0.4 is 5.32 Å². The first-order chi connectivity index (χ1) is 12.8. The average molecular weight is 377 g/mol. The number of nitrogens with one attached hydrogen (secondary N) is 1. The summed E-state index contributed by atoms with van der Waals surface area (Å²) in [4.78, 5) is 23.4. The van der Waals surface area contributed by atoms with Crippen LogP contribution in [-0.2, 0) is 9.59 Å². The lowest BCUT2D eigenvalue weighted by molar-refractivity contribution is -0.133. The fraction of sp³-hybridized carbons (Fsp3) is 0.158. The van der Waals surface area contributed by atoms with Crippen LogP contribution in [-0.4, -0.2) is 28.2 Å². The highest BCUT2D eigenvalue weighted by Crippen LogP contribution is 2.31. The zero-order valence-electron chi connectivity index (χ0n) is 13.8. The number of halogens is 3. The molecule has 27 heavy (non-hydrogen) atoms. The monoisotopic (exact) mass is 377 g/mol. The molecule has 3 rings (SSSR count). The van der Waals surface area contributed by atoms with Gasteiger partial charge in [0.2, 0.25) is 0 Å². The minimum absolute atomic E-state index is 0.0183. The second-order valence-corrected chi connectivity index (χ2v) is 6.00. The topological polar surface area (TPSA) is 86.6 Å². The highest BCUT2D eigenvalue weighted by atomic mass is 19.1. The molecule has 0 spiro atoms. The molecule has 1 amide bonds. The van der Waals surface area contributed by atoms with Gasteiger partial charge in [-0.25, -0.2) is 18.0 Å². The van der Waals surface area contributed by atoms with E-state index in [4.69, 9.17) is 5.11 Å². The molecular weight excluding hydrogens is 363 g/mol. The van der Waals surface area contributed by atoms with E-state index < -0.39 is 46.7 Å². The van der Waals surface area contributed by atoms with Crippen LogP contribution >= 0.6 is 0 Å². The van der Waals surface area contributed by atoms with E-state index in [2.05, 4.69) is 0 Å². The molecule has 0 aliphatic heterocycles. The molecule has 1 aliphatic carbocycles. The van der Waals surface area contributed by atoms with E-state index in [0.29, 0.717) is 0 Å². The van der Waals surface area contributed by atoms with Gasteiger partial charge in [-0.05, 0) is 36.6 Å². The van der Waals surface area contributed by atoms with E-state index in [-0.39, 0.29) is 29.5 Å². The first-order valence-corrected chi connectivity index (χ1v) is 7.99. The first-order valence-electron chi connectivity index (χ1n) is 7.99. The fourth-order valence-electron chi connectivity index (χ4n) is 3.00. The number of rotatable bonds is 4. The fourth-order valence-corrected chi connectivity index (χ4v) is 3.00. The van der Waals surface area contributed by atoms with Crippen LogP contribution in [0, 0.1) is 17.5 Å². The van der Waals surface area contributed by atoms with Gasteiger partial charge < -0.3 is 15.5 Å². The summed E-state index contributed by atoms with van der Waals surface area (Å²) in [7, 11) is 0.